The van der Waals surface area contributed by atoms with Crippen LogP contribution in [0.3, 0.4) is 0 Å². The summed E-state index contributed by atoms with van der Waals surface area (Å²) in [5.41, 5.74) is 0. The first-order chi connectivity index (χ1) is 7.10. The van der Waals surface area contributed by atoms with Crippen molar-refractivity contribution in [1.29, 1.82) is 0 Å². The van der Waals surface area contributed by atoms with Gasteiger partial charge in [-0.05, 0) is 12.1 Å². The van der Waals surface area contributed by atoms with Crippen LogP contribution in [0.2, 0.25) is 0 Å². The van der Waals surface area contributed by atoms with Crippen LogP contribution in [0.15, 0.2) is 40.2 Å². The van der Waals surface area contributed by atoms with Crippen molar-refractivity contribution in [3.8, 4) is 0 Å². The number of hydrogen-bond acceptors (Lipinski definition) is 4. The van der Waals surface area contributed by atoms with E-state index in [9.17, 15) is 13.2 Å². The summed E-state index contributed by atoms with van der Waals surface area (Å²) in [6, 6.07) is 7.87. The van der Waals surface area contributed by atoms with Crippen molar-refractivity contribution in [3.63, 3.8) is 0 Å². The van der Waals surface area contributed by atoms with Crippen LogP contribution >= 0.6 is 0 Å². The zero-order chi connectivity index (χ0) is 10.9. The van der Waals surface area contributed by atoms with E-state index in [1.54, 1.807) is 18.2 Å². The molecular weight excluding hydrogens is 216 g/mol. The molecule has 5 nitrogen and oxygen atoms in total. The monoisotopic (exact) mass is 224 g/mol. The lowest BCUT2D eigenvalue weighted by Gasteiger charge is -2.02. The molecule has 78 valence electrons. The Bertz CT molecular complexity index is 520. The molecule has 1 aliphatic heterocycles. The van der Waals surface area contributed by atoms with Gasteiger partial charge in [-0.3, -0.25) is 10.1 Å². The van der Waals surface area contributed by atoms with Crippen LogP contribution < -0.4 is 5.32 Å². The summed E-state index contributed by atoms with van der Waals surface area (Å²) in [6.07, 6.45) is 0. The summed E-state index contributed by atoms with van der Waals surface area (Å²) in [5, 5.41) is 1.95. The number of hydrogen-bond donors (Lipinski definition) is 1. The molecule has 0 bridgehead atoms. The lowest BCUT2D eigenvalue weighted by Crippen LogP contribution is -2.31. The number of nitrogens with zero attached hydrogens (tertiary/aromatic N) is 1. The molecule has 0 spiro atoms. The van der Waals surface area contributed by atoms with Gasteiger partial charge in [0.2, 0.25) is 20.9 Å². The van der Waals surface area contributed by atoms with E-state index in [4.69, 9.17) is 0 Å². The van der Waals surface area contributed by atoms with Crippen LogP contribution in [0, 0.1) is 0 Å². The van der Waals surface area contributed by atoms with Crippen molar-refractivity contribution in [2.24, 2.45) is 4.99 Å². The highest BCUT2D eigenvalue weighted by molar-refractivity contribution is 8.06. The van der Waals surface area contributed by atoms with Gasteiger partial charge in [0.05, 0.1) is 4.90 Å². The van der Waals surface area contributed by atoms with E-state index in [-0.39, 0.29) is 16.6 Å². The Hall–Kier alpha value is -1.69. The van der Waals surface area contributed by atoms with E-state index in [1.165, 1.54) is 12.1 Å². The Kier molecular flexibility index (Phi) is 2.28. The fraction of sp³-hybridized carbons (Fsp3) is 0.111. The standard InChI is InChI=1S/C9H8N2O3S/c12-8-6-10-9(11-8)15(13,14)7-4-2-1-3-5-7/h1-5H,6H2,(H,10,11,12). The third-order valence-electron chi connectivity index (χ3n) is 1.92. The topological polar surface area (TPSA) is 75.6 Å². The molecule has 6 heteroatoms. The summed E-state index contributed by atoms with van der Waals surface area (Å²) in [7, 11) is -3.65. The van der Waals surface area contributed by atoms with Crippen LogP contribution in [0.25, 0.3) is 0 Å². The van der Waals surface area contributed by atoms with Gasteiger partial charge >= 0.3 is 0 Å². The van der Waals surface area contributed by atoms with Crippen molar-refractivity contribution < 1.29 is 13.2 Å². The molecule has 0 aliphatic carbocycles. The van der Waals surface area contributed by atoms with Crippen LogP contribution in [-0.4, -0.2) is 26.0 Å². The Morgan fingerprint density at radius 3 is 2.40 bits per heavy atom. The van der Waals surface area contributed by atoms with E-state index in [2.05, 4.69) is 10.3 Å². The number of amidine groups is 1. The summed E-state index contributed by atoms with van der Waals surface area (Å²) in [5.74, 6) is -0.399. The number of amides is 1. The van der Waals surface area contributed by atoms with Crippen molar-refractivity contribution >= 4 is 20.9 Å². The van der Waals surface area contributed by atoms with Crippen LogP contribution in [0.5, 0.6) is 0 Å². The predicted octanol–water partition coefficient (Wildman–Crippen LogP) is -0.0539. The quantitative estimate of drug-likeness (QED) is 0.726. The fourth-order valence-electron chi connectivity index (χ4n) is 1.21. The molecule has 0 fully saturated rings. The van der Waals surface area contributed by atoms with E-state index in [0.29, 0.717) is 0 Å². The molecule has 0 unspecified atom stereocenters. The second kappa shape index (κ2) is 3.47. The average Bonchev–Trinajstić information content (AvgIpc) is 2.67. The zero-order valence-corrected chi connectivity index (χ0v) is 8.49. The first-order valence-electron chi connectivity index (χ1n) is 4.25. The summed E-state index contributed by atoms with van der Waals surface area (Å²) < 4.78 is 23.7. The number of sulfone groups is 1. The molecule has 1 heterocycles. The van der Waals surface area contributed by atoms with Gasteiger partial charge in [0.15, 0.2) is 0 Å². The van der Waals surface area contributed by atoms with Crippen LogP contribution in [0.4, 0.5) is 0 Å². The maximum atomic E-state index is 11.8. The number of carbonyl (C=O) groups is 1. The molecule has 1 amide bonds. The Morgan fingerprint density at radius 2 is 1.87 bits per heavy atom. The van der Waals surface area contributed by atoms with Gasteiger partial charge in [-0.15, -0.1) is 0 Å². The first kappa shape index (κ1) is 9.85. The second-order valence-corrected chi connectivity index (χ2v) is 4.85. The van der Waals surface area contributed by atoms with Crippen molar-refractivity contribution in [2.75, 3.05) is 6.54 Å². The smallest absolute Gasteiger partial charge is 0.247 e. The summed E-state index contributed by atoms with van der Waals surface area (Å²) in [4.78, 5) is 14.6. The van der Waals surface area contributed by atoms with E-state index >= 15 is 0 Å². The normalized spacial score (nSPS) is 16.0. The highest BCUT2D eigenvalue weighted by Crippen LogP contribution is 2.12. The molecular formula is C9H8N2O3S. The molecule has 0 radical (unpaired) electrons. The summed E-state index contributed by atoms with van der Waals surface area (Å²) in [6.45, 7) is -0.124. The maximum absolute atomic E-state index is 11.8. The predicted molar refractivity (Wildman–Crippen MR) is 54.1 cm³/mol. The SMILES string of the molecule is O=C1CN=C(S(=O)(=O)c2ccccc2)N1. The molecule has 1 aliphatic rings. The van der Waals surface area contributed by atoms with Crippen molar-refractivity contribution in [2.45, 2.75) is 4.90 Å². The number of rotatable bonds is 1. The molecule has 15 heavy (non-hydrogen) atoms. The molecule has 0 saturated carbocycles. The molecule has 1 N–H and O–H groups in total. The lowest BCUT2D eigenvalue weighted by atomic mass is 10.4. The minimum absolute atomic E-state index is 0.124. The van der Waals surface area contributed by atoms with E-state index in [1.807, 2.05) is 0 Å². The van der Waals surface area contributed by atoms with Gasteiger partial charge in [0.1, 0.15) is 6.54 Å². The highest BCUT2D eigenvalue weighted by Gasteiger charge is 2.27. The molecule has 0 atom stereocenters. The minimum Gasteiger partial charge on any atom is -0.299 e. The second-order valence-electron chi connectivity index (χ2n) is 2.99. The summed E-state index contributed by atoms with van der Waals surface area (Å²) >= 11 is 0. The largest absolute Gasteiger partial charge is 0.299 e. The maximum Gasteiger partial charge on any atom is 0.247 e. The minimum atomic E-state index is -3.65. The highest BCUT2D eigenvalue weighted by atomic mass is 32.2. The molecule has 0 aromatic heterocycles. The Morgan fingerprint density at radius 1 is 1.20 bits per heavy atom. The van der Waals surface area contributed by atoms with Crippen LogP contribution in [0.1, 0.15) is 0 Å². The lowest BCUT2D eigenvalue weighted by molar-refractivity contribution is -0.117. The molecule has 0 saturated heterocycles. The van der Waals surface area contributed by atoms with E-state index < -0.39 is 15.7 Å². The van der Waals surface area contributed by atoms with Gasteiger partial charge in [-0.25, -0.2) is 13.4 Å². The Balaban J connectivity index is 2.41. The molecule has 2 rings (SSSR count). The van der Waals surface area contributed by atoms with Gasteiger partial charge in [0.25, 0.3) is 0 Å². The van der Waals surface area contributed by atoms with Crippen molar-refractivity contribution in [3.05, 3.63) is 30.3 Å². The fourth-order valence-corrected chi connectivity index (χ4v) is 2.43. The Labute approximate surface area is 86.8 Å². The number of aliphatic imine (C=N–C) groups is 1. The first-order valence-corrected chi connectivity index (χ1v) is 5.73. The number of nitrogens with one attached hydrogen (secondary N) is 1. The number of benzene rings is 1. The van der Waals surface area contributed by atoms with Gasteiger partial charge < -0.3 is 0 Å². The van der Waals surface area contributed by atoms with Gasteiger partial charge in [-0.1, -0.05) is 18.2 Å². The third kappa shape index (κ3) is 1.75. The van der Waals surface area contributed by atoms with Gasteiger partial charge in [-0.2, -0.15) is 0 Å². The molecule has 1 aromatic rings. The average molecular weight is 224 g/mol. The van der Waals surface area contributed by atoms with Gasteiger partial charge in [0, 0.05) is 0 Å². The van der Waals surface area contributed by atoms with E-state index in [0.717, 1.165) is 0 Å². The zero-order valence-electron chi connectivity index (χ0n) is 7.67. The van der Waals surface area contributed by atoms with Crippen molar-refractivity contribution in [1.82, 2.24) is 5.32 Å². The van der Waals surface area contributed by atoms with Crippen LogP contribution in [-0.2, 0) is 14.6 Å². The number of carbonyl (C=O) groups excluding carboxylic acids is 1. The molecule has 1 aromatic carbocycles. The third-order valence-corrected chi connectivity index (χ3v) is 3.55.